The fourth-order valence-electron chi connectivity index (χ4n) is 1.87. The lowest BCUT2D eigenvalue weighted by atomic mass is 10.0. The molecule has 0 unspecified atom stereocenters. The van der Waals surface area contributed by atoms with Gasteiger partial charge in [-0.3, -0.25) is 4.79 Å². The summed E-state index contributed by atoms with van der Waals surface area (Å²) in [5, 5.41) is 7.19. The molecule has 2 aromatic rings. The molecule has 0 saturated carbocycles. The highest BCUT2D eigenvalue weighted by molar-refractivity contribution is 5.93. The summed E-state index contributed by atoms with van der Waals surface area (Å²) in [6.07, 6.45) is 0. The molecule has 1 aromatic heterocycles. The molecule has 0 aliphatic carbocycles. The Morgan fingerprint density at radius 3 is 2.68 bits per heavy atom. The number of carbonyl (C=O) groups excluding carboxylic acids is 1. The largest absolute Gasteiger partial charge is 0.366 e. The second-order valence-corrected chi connectivity index (χ2v) is 4.54. The van der Waals surface area contributed by atoms with Crippen molar-refractivity contribution in [3.63, 3.8) is 0 Å². The van der Waals surface area contributed by atoms with Crippen molar-refractivity contribution in [1.29, 1.82) is 0 Å². The highest BCUT2D eigenvalue weighted by atomic mass is 16.5. The van der Waals surface area contributed by atoms with Gasteiger partial charge in [-0.2, -0.15) is 0 Å². The minimum atomic E-state index is -0.402. The Morgan fingerprint density at radius 1 is 1.32 bits per heavy atom. The Labute approximate surface area is 111 Å². The number of rotatable bonds is 5. The summed E-state index contributed by atoms with van der Waals surface area (Å²) in [4.78, 5) is 11.1. The molecule has 0 bridgehead atoms. The maximum absolute atomic E-state index is 11.1. The quantitative estimate of drug-likeness (QED) is 0.856. The van der Waals surface area contributed by atoms with Crippen LogP contribution in [0.15, 0.2) is 28.8 Å². The first-order valence-corrected chi connectivity index (χ1v) is 6.08. The predicted molar refractivity (Wildman–Crippen MR) is 71.5 cm³/mol. The summed E-state index contributed by atoms with van der Waals surface area (Å²) >= 11 is 0. The zero-order valence-electron chi connectivity index (χ0n) is 11.1. The van der Waals surface area contributed by atoms with Gasteiger partial charge in [-0.15, -0.1) is 0 Å². The lowest BCUT2D eigenvalue weighted by molar-refractivity contribution is 0.1000. The minimum Gasteiger partial charge on any atom is -0.366 e. The summed E-state index contributed by atoms with van der Waals surface area (Å²) in [5.74, 6) is 0.402. The number of benzene rings is 1. The average molecular weight is 259 g/mol. The molecule has 0 aliphatic heterocycles. The van der Waals surface area contributed by atoms with Gasteiger partial charge in [0.05, 0.1) is 5.69 Å². The number of hydrogen-bond acceptors (Lipinski definition) is 4. The zero-order chi connectivity index (χ0) is 13.8. The monoisotopic (exact) mass is 259 g/mol. The van der Waals surface area contributed by atoms with E-state index in [1.165, 1.54) is 0 Å². The van der Waals surface area contributed by atoms with Crippen LogP contribution in [0.5, 0.6) is 0 Å². The van der Waals surface area contributed by atoms with Crippen LogP contribution in [0.3, 0.4) is 0 Å². The van der Waals surface area contributed by atoms with E-state index in [0.717, 1.165) is 22.6 Å². The standard InChI is InChI=1S/C14H17N3O2/c1-9-5-11(14(15)18)3-4-12(9)7-16-8-13-6-10(2)19-17-13/h3-6,16H,7-8H2,1-2H3,(H2,15,18). The van der Waals surface area contributed by atoms with Gasteiger partial charge in [-0.1, -0.05) is 11.2 Å². The SMILES string of the molecule is Cc1cc(CNCc2ccc(C(N)=O)cc2C)no1. The Morgan fingerprint density at radius 2 is 2.11 bits per heavy atom. The number of carbonyl (C=O) groups is 1. The van der Waals surface area contributed by atoms with E-state index in [9.17, 15) is 4.79 Å². The van der Waals surface area contributed by atoms with Gasteiger partial charge < -0.3 is 15.6 Å². The van der Waals surface area contributed by atoms with Gasteiger partial charge in [0.1, 0.15) is 5.76 Å². The normalized spacial score (nSPS) is 10.6. The molecule has 0 radical (unpaired) electrons. The molecule has 100 valence electrons. The van der Waals surface area contributed by atoms with Gasteiger partial charge in [0.15, 0.2) is 0 Å². The Balaban J connectivity index is 1.94. The summed E-state index contributed by atoms with van der Waals surface area (Å²) < 4.78 is 4.99. The first-order valence-electron chi connectivity index (χ1n) is 6.08. The fourth-order valence-corrected chi connectivity index (χ4v) is 1.87. The van der Waals surface area contributed by atoms with Gasteiger partial charge in [-0.05, 0) is 37.1 Å². The second-order valence-electron chi connectivity index (χ2n) is 4.54. The maximum Gasteiger partial charge on any atom is 0.248 e. The number of hydrogen-bond donors (Lipinski definition) is 2. The topological polar surface area (TPSA) is 81.1 Å². The van der Waals surface area contributed by atoms with Crippen molar-refractivity contribution in [2.45, 2.75) is 26.9 Å². The van der Waals surface area contributed by atoms with Gasteiger partial charge >= 0.3 is 0 Å². The highest BCUT2D eigenvalue weighted by Gasteiger charge is 2.05. The van der Waals surface area contributed by atoms with Crippen LogP contribution in [0, 0.1) is 13.8 Å². The minimum absolute atomic E-state index is 0.402. The lowest BCUT2D eigenvalue weighted by Crippen LogP contribution is -2.15. The Bertz CT molecular complexity index is 590. The van der Waals surface area contributed by atoms with Crippen molar-refractivity contribution in [3.8, 4) is 0 Å². The van der Waals surface area contributed by atoms with Crippen molar-refractivity contribution < 1.29 is 9.32 Å². The summed E-state index contributed by atoms with van der Waals surface area (Å²) in [6.45, 7) is 5.18. The number of aryl methyl sites for hydroxylation is 2. The molecular weight excluding hydrogens is 242 g/mol. The summed E-state index contributed by atoms with van der Waals surface area (Å²) in [7, 11) is 0. The number of nitrogens with one attached hydrogen (secondary N) is 1. The van der Waals surface area contributed by atoms with Crippen LogP contribution in [0.2, 0.25) is 0 Å². The summed E-state index contributed by atoms with van der Waals surface area (Å²) in [5.41, 5.74) is 8.82. The van der Waals surface area contributed by atoms with Crippen LogP contribution in [0.25, 0.3) is 0 Å². The molecule has 5 nitrogen and oxygen atoms in total. The van der Waals surface area contributed by atoms with Gasteiger partial charge in [-0.25, -0.2) is 0 Å². The zero-order valence-corrected chi connectivity index (χ0v) is 11.1. The molecule has 19 heavy (non-hydrogen) atoms. The number of amides is 1. The van der Waals surface area contributed by atoms with Gasteiger partial charge in [0.2, 0.25) is 5.91 Å². The van der Waals surface area contributed by atoms with Crippen molar-refractivity contribution in [2.24, 2.45) is 5.73 Å². The molecule has 0 spiro atoms. The molecule has 3 N–H and O–H groups in total. The second kappa shape index (κ2) is 5.67. The molecule has 0 saturated heterocycles. The van der Waals surface area contributed by atoms with Crippen molar-refractivity contribution in [3.05, 3.63) is 52.4 Å². The smallest absolute Gasteiger partial charge is 0.248 e. The molecule has 0 atom stereocenters. The Hall–Kier alpha value is -2.14. The lowest BCUT2D eigenvalue weighted by Gasteiger charge is -2.07. The van der Waals surface area contributed by atoms with Crippen molar-refractivity contribution >= 4 is 5.91 Å². The molecule has 1 aromatic carbocycles. The number of nitrogens with zero attached hydrogens (tertiary/aromatic N) is 1. The van der Waals surface area contributed by atoms with E-state index in [1.54, 1.807) is 12.1 Å². The molecule has 2 rings (SSSR count). The first kappa shape index (κ1) is 13.3. The average Bonchev–Trinajstić information content (AvgIpc) is 2.77. The van der Waals surface area contributed by atoms with Crippen molar-refractivity contribution in [2.75, 3.05) is 0 Å². The van der Waals surface area contributed by atoms with Crippen LogP contribution in [0.4, 0.5) is 0 Å². The fraction of sp³-hybridized carbons (Fsp3) is 0.286. The molecule has 0 aliphatic rings. The van der Waals surface area contributed by atoms with E-state index in [4.69, 9.17) is 10.3 Å². The van der Waals surface area contributed by atoms with Gasteiger partial charge in [0, 0.05) is 24.7 Å². The molecule has 1 amide bonds. The van der Waals surface area contributed by atoms with Crippen molar-refractivity contribution in [1.82, 2.24) is 10.5 Å². The van der Waals surface area contributed by atoms with E-state index < -0.39 is 5.91 Å². The molecule has 0 fully saturated rings. The third-order valence-electron chi connectivity index (χ3n) is 2.93. The van der Waals surface area contributed by atoms with Crippen LogP contribution < -0.4 is 11.1 Å². The third kappa shape index (κ3) is 3.42. The van der Waals surface area contributed by atoms with Gasteiger partial charge in [0.25, 0.3) is 0 Å². The van der Waals surface area contributed by atoms with Crippen LogP contribution in [-0.4, -0.2) is 11.1 Å². The van der Waals surface area contributed by atoms with E-state index in [1.807, 2.05) is 26.0 Å². The third-order valence-corrected chi connectivity index (χ3v) is 2.93. The van der Waals surface area contributed by atoms with E-state index in [-0.39, 0.29) is 0 Å². The van der Waals surface area contributed by atoms with Crippen LogP contribution in [0.1, 0.15) is 32.9 Å². The molecule has 5 heteroatoms. The predicted octanol–water partition coefficient (Wildman–Crippen LogP) is 1.68. The Kier molecular flexibility index (Phi) is 3.97. The first-order chi connectivity index (χ1) is 9.06. The van der Waals surface area contributed by atoms with E-state index in [0.29, 0.717) is 18.7 Å². The number of aromatic nitrogens is 1. The van der Waals surface area contributed by atoms with Crippen LogP contribution in [-0.2, 0) is 13.1 Å². The number of nitrogens with two attached hydrogens (primary N) is 1. The highest BCUT2D eigenvalue weighted by Crippen LogP contribution is 2.11. The maximum atomic E-state index is 11.1. The van der Waals surface area contributed by atoms with Crippen LogP contribution >= 0.6 is 0 Å². The van der Waals surface area contributed by atoms with E-state index in [2.05, 4.69) is 10.5 Å². The summed E-state index contributed by atoms with van der Waals surface area (Å²) in [6, 6.07) is 7.36. The van der Waals surface area contributed by atoms with E-state index >= 15 is 0 Å². The number of primary amides is 1. The molecular formula is C14H17N3O2. The molecule has 1 heterocycles.